The average molecular weight is 276 g/mol. The van der Waals surface area contributed by atoms with Gasteiger partial charge in [0.25, 0.3) is 0 Å². The fraction of sp³-hybridized carbons (Fsp3) is 0.562. The third kappa shape index (κ3) is 3.65. The third-order valence-corrected chi connectivity index (χ3v) is 3.93. The van der Waals surface area contributed by atoms with Gasteiger partial charge in [0.2, 0.25) is 0 Å². The highest BCUT2D eigenvalue weighted by atomic mass is 16.5. The Morgan fingerprint density at radius 1 is 1.40 bits per heavy atom. The number of carbonyl (C=O) groups is 1. The van der Waals surface area contributed by atoms with Crippen molar-refractivity contribution in [2.75, 3.05) is 20.2 Å². The molecule has 110 valence electrons. The van der Waals surface area contributed by atoms with Crippen LogP contribution in [0.3, 0.4) is 0 Å². The summed E-state index contributed by atoms with van der Waals surface area (Å²) in [5, 5.41) is 3.01. The highest BCUT2D eigenvalue weighted by molar-refractivity contribution is 5.74. The molecule has 4 nitrogen and oxygen atoms in total. The molecule has 2 rings (SSSR count). The molecule has 1 aromatic carbocycles. The number of piperidine rings is 1. The van der Waals surface area contributed by atoms with Crippen LogP contribution in [0.2, 0.25) is 0 Å². The van der Waals surface area contributed by atoms with Gasteiger partial charge < -0.3 is 15.0 Å². The summed E-state index contributed by atoms with van der Waals surface area (Å²) in [6.45, 7) is 3.64. The molecule has 1 unspecified atom stereocenters. The van der Waals surface area contributed by atoms with Gasteiger partial charge in [0.15, 0.2) is 0 Å². The van der Waals surface area contributed by atoms with Crippen LogP contribution >= 0.6 is 0 Å². The molecule has 0 radical (unpaired) electrons. The smallest absolute Gasteiger partial charge is 0.317 e. The van der Waals surface area contributed by atoms with E-state index in [1.807, 2.05) is 29.2 Å². The average Bonchev–Trinajstić information content (AvgIpc) is 2.48. The third-order valence-electron chi connectivity index (χ3n) is 3.93. The lowest BCUT2D eigenvalue weighted by Gasteiger charge is -2.33. The Morgan fingerprint density at radius 3 is 2.95 bits per heavy atom. The van der Waals surface area contributed by atoms with Gasteiger partial charge in [0, 0.05) is 19.1 Å². The molecule has 1 N–H and O–H groups in total. The van der Waals surface area contributed by atoms with Crippen LogP contribution in [-0.4, -0.2) is 37.2 Å². The minimum absolute atomic E-state index is 0.0621. The van der Waals surface area contributed by atoms with Gasteiger partial charge in [-0.1, -0.05) is 18.2 Å². The number of para-hydroxylation sites is 1. The van der Waals surface area contributed by atoms with E-state index in [-0.39, 0.29) is 6.03 Å². The number of hydrogen-bond acceptors (Lipinski definition) is 2. The molecule has 0 saturated carbocycles. The Balaban J connectivity index is 1.81. The van der Waals surface area contributed by atoms with Crippen molar-refractivity contribution < 1.29 is 9.53 Å². The van der Waals surface area contributed by atoms with Crippen molar-refractivity contribution in [1.82, 2.24) is 10.2 Å². The zero-order chi connectivity index (χ0) is 14.4. The van der Waals surface area contributed by atoms with Crippen molar-refractivity contribution in [3.05, 3.63) is 29.8 Å². The van der Waals surface area contributed by atoms with Crippen molar-refractivity contribution in [2.24, 2.45) is 0 Å². The number of urea groups is 1. The first-order valence-electron chi connectivity index (χ1n) is 7.38. The second-order valence-corrected chi connectivity index (χ2v) is 5.33. The quantitative estimate of drug-likeness (QED) is 0.918. The maximum atomic E-state index is 12.1. The Hall–Kier alpha value is -1.71. The van der Waals surface area contributed by atoms with Crippen molar-refractivity contribution in [1.29, 1.82) is 0 Å². The second-order valence-electron chi connectivity index (χ2n) is 5.33. The number of nitrogens with one attached hydrogen (secondary N) is 1. The molecule has 1 aliphatic heterocycles. The number of carbonyl (C=O) groups excluding carboxylic acids is 1. The topological polar surface area (TPSA) is 41.6 Å². The molecule has 1 heterocycles. The number of hydrogen-bond donors (Lipinski definition) is 1. The van der Waals surface area contributed by atoms with Crippen LogP contribution in [-0.2, 0) is 6.42 Å². The molecule has 0 aliphatic carbocycles. The number of likely N-dealkylation sites (tertiary alicyclic amines) is 1. The van der Waals surface area contributed by atoms with E-state index in [4.69, 9.17) is 4.74 Å². The minimum Gasteiger partial charge on any atom is -0.496 e. The lowest BCUT2D eigenvalue weighted by molar-refractivity contribution is 0.158. The van der Waals surface area contributed by atoms with Crippen LogP contribution in [0.25, 0.3) is 0 Å². The summed E-state index contributed by atoms with van der Waals surface area (Å²) in [6, 6.07) is 8.35. The van der Waals surface area contributed by atoms with E-state index in [2.05, 4.69) is 12.2 Å². The van der Waals surface area contributed by atoms with Gasteiger partial charge in [-0.25, -0.2) is 4.79 Å². The predicted octanol–water partition coefficient (Wildman–Crippen LogP) is 2.82. The summed E-state index contributed by atoms with van der Waals surface area (Å²) in [7, 11) is 1.67. The molecule has 1 fully saturated rings. The molecule has 4 heteroatoms. The summed E-state index contributed by atoms with van der Waals surface area (Å²) in [5.41, 5.74) is 1.13. The fourth-order valence-corrected chi connectivity index (χ4v) is 2.71. The van der Waals surface area contributed by atoms with Crippen molar-refractivity contribution in [2.45, 2.75) is 38.6 Å². The molecular formula is C16H24N2O2. The first-order chi connectivity index (χ1) is 9.72. The molecule has 1 aliphatic rings. The highest BCUT2D eigenvalue weighted by Gasteiger charge is 2.22. The van der Waals surface area contributed by atoms with Gasteiger partial charge in [-0.05, 0) is 44.2 Å². The first-order valence-corrected chi connectivity index (χ1v) is 7.38. The number of benzene rings is 1. The molecule has 1 saturated heterocycles. The Morgan fingerprint density at radius 2 is 2.20 bits per heavy atom. The highest BCUT2D eigenvalue weighted by Crippen LogP contribution is 2.18. The van der Waals surface area contributed by atoms with Gasteiger partial charge in [-0.2, -0.15) is 0 Å². The SMILES string of the molecule is COc1ccccc1CCNC(=O)N1CCCCC1C. The van der Waals surface area contributed by atoms with E-state index < -0.39 is 0 Å². The van der Waals surface area contributed by atoms with Crippen LogP contribution in [0.4, 0.5) is 4.79 Å². The maximum Gasteiger partial charge on any atom is 0.317 e. The minimum atomic E-state index is 0.0621. The predicted molar refractivity (Wildman–Crippen MR) is 80.1 cm³/mol. The number of amides is 2. The van der Waals surface area contributed by atoms with Crippen molar-refractivity contribution in [3.8, 4) is 5.75 Å². The van der Waals surface area contributed by atoms with Crippen LogP contribution < -0.4 is 10.1 Å². The Bertz CT molecular complexity index is 448. The van der Waals surface area contributed by atoms with Crippen LogP contribution in [0.1, 0.15) is 31.7 Å². The summed E-state index contributed by atoms with van der Waals surface area (Å²) in [6.07, 6.45) is 4.24. The lowest BCUT2D eigenvalue weighted by atomic mass is 10.0. The summed E-state index contributed by atoms with van der Waals surface area (Å²) in [5.74, 6) is 0.882. The molecule has 0 spiro atoms. The number of rotatable bonds is 4. The second kappa shape index (κ2) is 7.17. The van der Waals surface area contributed by atoms with Crippen molar-refractivity contribution >= 4 is 6.03 Å². The van der Waals surface area contributed by atoms with Crippen LogP contribution in [0.15, 0.2) is 24.3 Å². The van der Waals surface area contributed by atoms with E-state index in [9.17, 15) is 4.79 Å². The van der Waals surface area contributed by atoms with Gasteiger partial charge in [-0.3, -0.25) is 0 Å². The standard InChI is InChI=1S/C16H24N2O2/c1-13-7-5-6-12-18(13)16(19)17-11-10-14-8-3-4-9-15(14)20-2/h3-4,8-9,13H,5-7,10-12H2,1-2H3,(H,17,19). The van der Waals surface area contributed by atoms with Crippen molar-refractivity contribution in [3.63, 3.8) is 0 Å². The first kappa shape index (κ1) is 14.7. The Labute approximate surface area is 121 Å². The molecule has 0 aromatic heterocycles. The summed E-state index contributed by atoms with van der Waals surface area (Å²) >= 11 is 0. The molecule has 0 bridgehead atoms. The van der Waals surface area contributed by atoms with E-state index in [0.29, 0.717) is 12.6 Å². The molecule has 1 aromatic rings. The fourth-order valence-electron chi connectivity index (χ4n) is 2.71. The summed E-state index contributed by atoms with van der Waals surface area (Å²) in [4.78, 5) is 14.1. The zero-order valence-electron chi connectivity index (χ0n) is 12.4. The van der Waals surface area contributed by atoms with Crippen LogP contribution in [0, 0.1) is 0 Å². The maximum absolute atomic E-state index is 12.1. The van der Waals surface area contributed by atoms with Gasteiger partial charge in [0.05, 0.1) is 7.11 Å². The van der Waals surface area contributed by atoms with Gasteiger partial charge in [0.1, 0.15) is 5.75 Å². The van der Waals surface area contributed by atoms with E-state index in [1.54, 1.807) is 7.11 Å². The molecule has 2 amide bonds. The molecule has 1 atom stereocenters. The number of nitrogens with zero attached hydrogens (tertiary/aromatic N) is 1. The van der Waals surface area contributed by atoms with E-state index >= 15 is 0 Å². The van der Waals surface area contributed by atoms with Gasteiger partial charge >= 0.3 is 6.03 Å². The molecular weight excluding hydrogens is 252 g/mol. The van der Waals surface area contributed by atoms with E-state index in [1.165, 1.54) is 6.42 Å². The molecule has 20 heavy (non-hydrogen) atoms. The Kier molecular flexibility index (Phi) is 5.27. The van der Waals surface area contributed by atoms with Crippen LogP contribution in [0.5, 0.6) is 5.75 Å². The largest absolute Gasteiger partial charge is 0.496 e. The zero-order valence-corrected chi connectivity index (χ0v) is 12.4. The number of methoxy groups -OCH3 is 1. The lowest BCUT2D eigenvalue weighted by Crippen LogP contribution is -2.47. The van der Waals surface area contributed by atoms with Gasteiger partial charge in [-0.15, -0.1) is 0 Å². The number of ether oxygens (including phenoxy) is 1. The normalized spacial score (nSPS) is 18.7. The monoisotopic (exact) mass is 276 g/mol. The summed E-state index contributed by atoms with van der Waals surface area (Å²) < 4.78 is 5.31. The van der Waals surface area contributed by atoms with E-state index in [0.717, 1.165) is 37.1 Å².